The Hall–Kier alpha value is -0.900. The van der Waals surface area contributed by atoms with Crippen LogP contribution in [0.15, 0.2) is 17.1 Å². The Kier molecular flexibility index (Phi) is 4.27. The molecule has 4 heteroatoms. The van der Waals surface area contributed by atoms with E-state index in [0.717, 1.165) is 15.9 Å². The first-order valence-electron chi connectivity index (χ1n) is 4.91. The molecule has 1 N–H and O–H groups in total. The highest BCUT2D eigenvalue weighted by Crippen LogP contribution is 2.14. The van der Waals surface area contributed by atoms with Crippen molar-refractivity contribution in [3.05, 3.63) is 28.5 Å². The Balaban J connectivity index is 2.84. The number of aryl methyl sites for hydroxylation is 1. The fraction of sp³-hybridized carbons (Fsp3) is 0.455. The summed E-state index contributed by atoms with van der Waals surface area (Å²) in [6, 6.07) is 2.01. The number of nitrogens with zero attached hydrogens (tertiary/aromatic N) is 2. The molecule has 1 aromatic rings. The lowest BCUT2D eigenvalue weighted by atomic mass is 10.1. The second-order valence-electron chi connectivity index (χ2n) is 3.78. The van der Waals surface area contributed by atoms with Crippen molar-refractivity contribution in [1.29, 1.82) is 0 Å². The lowest BCUT2D eigenvalue weighted by molar-refractivity contribution is 0.810. The Labute approximate surface area is 99.2 Å². The molecule has 0 aromatic carbocycles. The van der Waals surface area contributed by atoms with Gasteiger partial charge in [-0.25, -0.2) is 9.97 Å². The first-order valence-corrected chi connectivity index (χ1v) is 5.71. The lowest BCUT2D eigenvalue weighted by Crippen LogP contribution is -2.08. The van der Waals surface area contributed by atoms with Crippen molar-refractivity contribution in [2.45, 2.75) is 26.7 Å². The third-order valence-electron chi connectivity index (χ3n) is 1.90. The maximum absolute atomic E-state index is 4.42. The van der Waals surface area contributed by atoms with Crippen LogP contribution in [0.2, 0.25) is 0 Å². The van der Waals surface area contributed by atoms with Crippen molar-refractivity contribution in [2.24, 2.45) is 0 Å². The number of rotatable bonds is 4. The van der Waals surface area contributed by atoms with Gasteiger partial charge >= 0.3 is 0 Å². The van der Waals surface area contributed by atoms with Crippen molar-refractivity contribution in [3.63, 3.8) is 0 Å². The van der Waals surface area contributed by atoms with Gasteiger partial charge in [-0.1, -0.05) is 36.4 Å². The second-order valence-corrected chi connectivity index (χ2v) is 4.90. The van der Waals surface area contributed by atoms with Gasteiger partial charge in [0.2, 0.25) is 5.95 Å². The van der Waals surface area contributed by atoms with E-state index in [1.165, 1.54) is 0 Å². The first kappa shape index (κ1) is 12.2. The van der Waals surface area contributed by atoms with Crippen LogP contribution in [0.3, 0.4) is 0 Å². The van der Waals surface area contributed by atoms with Gasteiger partial charge in [-0.05, 0) is 18.9 Å². The Morgan fingerprint density at radius 1 is 1.53 bits per heavy atom. The van der Waals surface area contributed by atoms with Crippen molar-refractivity contribution in [3.8, 4) is 0 Å². The normalized spacial score (nSPS) is 10.5. The summed E-state index contributed by atoms with van der Waals surface area (Å²) >= 11 is 3.29. The van der Waals surface area contributed by atoms with Crippen molar-refractivity contribution in [2.75, 3.05) is 11.9 Å². The summed E-state index contributed by atoms with van der Waals surface area (Å²) < 4.78 is 0.888. The SMILES string of the molecule is C=C(Br)CNc1nc(C)cc(C(C)C)n1. The standard InChI is InChI=1S/C11H16BrN3/c1-7(2)10-5-9(4)14-11(15-10)13-6-8(3)12/h5,7H,3,6H2,1-2,4H3,(H,13,14,15). The molecule has 0 fully saturated rings. The summed E-state index contributed by atoms with van der Waals surface area (Å²) in [4.78, 5) is 8.72. The van der Waals surface area contributed by atoms with E-state index >= 15 is 0 Å². The third kappa shape index (κ3) is 4.00. The molecule has 1 rings (SSSR count). The van der Waals surface area contributed by atoms with Crippen LogP contribution < -0.4 is 5.32 Å². The van der Waals surface area contributed by atoms with Gasteiger partial charge in [0.15, 0.2) is 0 Å². The number of aromatic nitrogens is 2. The van der Waals surface area contributed by atoms with Gasteiger partial charge in [0.05, 0.1) is 0 Å². The number of anilines is 1. The van der Waals surface area contributed by atoms with Gasteiger partial charge in [-0.15, -0.1) is 0 Å². The van der Waals surface area contributed by atoms with Crippen molar-refractivity contribution in [1.82, 2.24) is 9.97 Å². The largest absolute Gasteiger partial charge is 0.350 e. The van der Waals surface area contributed by atoms with Gasteiger partial charge in [0, 0.05) is 22.4 Å². The highest BCUT2D eigenvalue weighted by atomic mass is 79.9. The highest BCUT2D eigenvalue weighted by Gasteiger charge is 2.05. The number of hydrogen-bond donors (Lipinski definition) is 1. The Morgan fingerprint density at radius 2 is 2.20 bits per heavy atom. The van der Waals surface area contributed by atoms with E-state index in [2.05, 4.69) is 51.6 Å². The van der Waals surface area contributed by atoms with Crippen molar-refractivity contribution >= 4 is 21.9 Å². The molecular weight excluding hydrogens is 254 g/mol. The van der Waals surface area contributed by atoms with Crippen LogP contribution in [0.4, 0.5) is 5.95 Å². The topological polar surface area (TPSA) is 37.8 Å². The quantitative estimate of drug-likeness (QED) is 0.912. The molecule has 0 unspecified atom stereocenters. The van der Waals surface area contributed by atoms with Gasteiger partial charge in [0.25, 0.3) is 0 Å². The van der Waals surface area contributed by atoms with E-state index in [9.17, 15) is 0 Å². The summed E-state index contributed by atoms with van der Waals surface area (Å²) in [6.45, 7) is 10.6. The highest BCUT2D eigenvalue weighted by molar-refractivity contribution is 9.11. The molecule has 0 aliphatic heterocycles. The second kappa shape index (κ2) is 5.26. The maximum Gasteiger partial charge on any atom is 0.223 e. The van der Waals surface area contributed by atoms with Crippen LogP contribution in [0, 0.1) is 6.92 Å². The molecule has 0 saturated heterocycles. The van der Waals surface area contributed by atoms with Crippen LogP contribution in [-0.2, 0) is 0 Å². The maximum atomic E-state index is 4.42. The first-order chi connectivity index (χ1) is 6.99. The van der Waals surface area contributed by atoms with Gasteiger partial charge in [-0.2, -0.15) is 0 Å². The van der Waals surface area contributed by atoms with E-state index in [1.54, 1.807) is 0 Å². The molecule has 0 radical (unpaired) electrons. The van der Waals surface area contributed by atoms with Crippen LogP contribution >= 0.6 is 15.9 Å². The minimum absolute atomic E-state index is 0.416. The average molecular weight is 270 g/mol. The molecule has 0 aliphatic carbocycles. The zero-order valence-corrected chi connectivity index (χ0v) is 10.9. The van der Waals surface area contributed by atoms with Gasteiger partial charge < -0.3 is 5.32 Å². The van der Waals surface area contributed by atoms with E-state index in [0.29, 0.717) is 18.4 Å². The lowest BCUT2D eigenvalue weighted by Gasteiger charge is -2.09. The zero-order valence-electron chi connectivity index (χ0n) is 9.34. The van der Waals surface area contributed by atoms with E-state index in [1.807, 2.05) is 13.0 Å². The molecule has 0 aliphatic rings. The van der Waals surface area contributed by atoms with E-state index in [-0.39, 0.29) is 0 Å². The molecule has 1 heterocycles. The summed E-state index contributed by atoms with van der Waals surface area (Å²) in [5.41, 5.74) is 2.04. The number of halogens is 1. The van der Waals surface area contributed by atoms with E-state index < -0.39 is 0 Å². The molecule has 0 amide bonds. The summed E-state index contributed by atoms with van der Waals surface area (Å²) in [5, 5.41) is 3.11. The molecular formula is C11H16BrN3. The smallest absolute Gasteiger partial charge is 0.223 e. The average Bonchev–Trinajstić information content (AvgIpc) is 2.13. The predicted octanol–water partition coefficient (Wildman–Crippen LogP) is 3.23. The fourth-order valence-corrected chi connectivity index (χ4v) is 1.28. The minimum Gasteiger partial charge on any atom is -0.350 e. The summed E-state index contributed by atoms with van der Waals surface area (Å²) in [6.07, 6.45) is 0. The molecule has 3 nitrogen and oxygen atoms in total. The van der Waals surface area contributed by atoms with Crippen LogP contribution in [-0.4, -0.2) is 16.5 Å². The van der Waals surface area contributed by atoms with Crippen LogP contribution in [0.25, 0.3) is 0 Å². The Morgan fingerprint density at radius 3 is 2.73 bits per heavy atom. The molecule has 1 aromatic heterocycles. The van der Waals surface area contributed by atoms with E-state index in [4.69, 9.17) is 0 Å². The molecule has 82 valence electrons. The fourth-order valence-electron chi connectivity index (χ4n) is 1.14. The monoisotopic (exact) mass is 269 g/mol. The number of nitrogens with one attached hydrogen (secondary N) is 1. The summed E-state index contributed by atoms with van der Waals surface area (Å²) in [5.74, 6) is 1.08. The summed E-state index contributed by atoms with van der Waals surface area (Å²) in [7, 11) is 0. The molecule has 0 saturated carbocycles. The third-order valence-corrected chi connectivity index (χ3v) is 2.18. The van der Waals surface area contributed by atoms with Crippen LogP contribution in [0.5, 0.6) is 0 Å². The molecule has 0 atom stereocenters. The molecule has 0 spiro atoms. The predicted molar refractivity (Wildman–Crippen MR) is 67.4 cm³/mol. The zero-order chi connectivity index (χ0) is 11.4. The van der Waals surface area contributed by atoms with Gasteiger partial charge in [0.1, 0.15) is 0 Å². The Bertz CT molecular complexity index is 361. The molecule has 15 heavy (non-hydrogen) atoms. The van der Waals surface area contributed by atoms with Crippen molar-refractivity contribution < 1.29 is 0 Å². The van der Waals surface area contributed by atoms with Crippen LogP contribution in [0.1, 0.15) is 31.2 Å². The molecule has 0 bridgehead atoms. The van der Waals surface area contributed by atoms with Gasteiger partial charge in [-0.3, -0.25) is 0 Å². The minimum atomic E-state index is 0.416. The number of hydrogen-bond acceptors (Lipinski definition) is 3.